The van der Waals surface area contributed by atoms with Gasteiger partial charge in [0.25, 0.3) is 0 Å². The molecule has 4 unspecified atom stereocenters. The molecule has 134 valence electrons. The molecular weight excluding hydrogens is 340 g/mol. The van der Waals surface area contributed by atoms with Crippen LogP contribution >= 0.6 is 11.6 Å². The van der Waals surface area contributed by atoms with Gasteiger partial charge in [-0.1, -0.05) is 24.4 Å². The van der Waals surface area contributed by atoms with E-state index in [2.05, 4.69) is 16.2 Å². The highest BCUT2D eigenvalue weighted by Crippen LogP contribution is 2.34. The predicted molar refractivity (Wildman–Crippen MR) is 95.7 cm³/mol. The second kappa shape index (κ2) is 6.94. The zero-order valence-electron chi connectivity index (χ0n) is 14.0. The van der Waals surface area contributed by atoms with Gasteiger partial charge in [-0.15, -0.1) is 0 Å². The molecule has 1 aromatic carbocycles. The lowest BCUT2D eigenvalue weighted by molar-refractivity contribution is -0.131. The number of nitrogens with one attached hydrogen (secondary N) is 3. The molecule has 0 radical (unpaired) electrons. The molecule has 3 fully saturated rings. The smallest absolute Gasteiger partial charge is 0.229 e. The van der Waals surface area contributed by atoms with E-state index in [-0.39, 0.29) is 30.3 Å². The van der Waals surface area contributed by atoms with E-state index in [0.717, 1.165) is 12.8 Å². The maximum atomic E-state index is 12.5. The summed E-state index contributed by atoms with van der Waals surface area (Å²) in [7, 11) is 0. The summed E-state index contributed by atoms with van der Waals surface area (Å²) in [6.07, 6.45) is 5.00. The van der Waals surface area contributed by atoms with Crippen molar-refractivity contribution in [2.45, 2.75) is 44.3 Å². The molecule has 4 atom stereocenters. The van der Waals surface area contributed by atoms with E-state index >= 15 is 0 Å². The number of amides is 2. The molecule has 0 bridgehead atoms. The zero-order valence-corrected chi connectivity index (χ0v) is 14.8. The van der Waals surface area contributed by atoms with Crippen LogP contribution in [0.3, 0.4) is 0 Å². The van der Waals surface area contributed by atoms with Crippen LogP contribution in [0.2, 0.25) is 5.02 Å². The van der Waals surface area contributed by atoms with E-state index < -0.39 is 0 Å². The number of hydrogen-bond donors (Lipinski definition) is 3. The maximum Gasteiger partial charge on any atom is 0.229 e. The molecule has 25 heavy (non-hydrogen) atoms. The van der Waals surface area contributed by atoms with Gasteiger partial charge in [-0.2, -0.15) is 0 Å². The van der Waals surface area contributed by atoms with E-state index in [1.807, 2.05) is 4.90 Å². The molecule has 1 aromatic rings. The Bertz CT molecular complexity index is 666. The minimum absolute atomic E-state index is 0.00568. The van der Waals surface area contributed by atoms with Crippen LogP contribution in [0.25, 0.3) is 0 Å². The van der Waals surface area contributed by atoms with Crippen LogP contribution in [0.5, 0.6) is 0 Å². The summed E-state index contributed by atoms with van der Waals surface area (Å²) in [6, 6.07) is 7.45. The SMILES string of the molecule is O=C(Nc1ccc(Cl)cc1)C1CC(=O)N(C2NNC3CCCCC32)C1. The number of likely N-dealkylation sites (tertiary alicyclic amines) is 1. The molecule has 7 heteroatoms. The number of fused-ring (bicyclic) bond motifs is 1. The molecule has 0 spiro atoms. The normalized spacial score (nSPS) is 31.9. The van der Waals surface area contributed by atoms with Crippen molar-refractivity contribution in [3.63, 3.8) is 0 Å². The molecule has 1 saturated carbocycles. The molecule has 3 aliphatic rings. The monoisotopic (exact) mass is 362 g/mol. The van der Waals surface area contributed by atoms with Crippen LogP contribution in [0.4, 0.5) is 5.69 Å². The van der Waals surface area contributed by atoms with E-state index in [1.165, 1.54) is 12.8 Å². The predicted octanol–water partition coefficient (Wildman–Crippen LogP) is 2.12. The largest absolute Gasteiger partial charge is 0.326 e. The summed E-state index contributed by atoms with van der Waals surface area (Å²) >= 11 is 5.87. The van der Waals surface area contributed by atoms with Gasteiger partial charge >= 0.3 is 0 Å². The quantitative estimate of drug-likeness (QED) is 0.770. The molecule has 6 nitrogen and oxygen atoms in total. The second-order valence-corrected chi connectivity index (χ2v) is 7.67. The maximum absolute atomic E-state index is 12.5. The summed E-state index contributed by atoms with van der Waals surface area (Å²) in [6.45, 7) is 0.473. The number of hydrogen-bond acceptors (Lipinski definition) is 4. The highest BCUT2D eigenvalue weighted by atomic mass is 35.5. The van der Waals surface area contributed by atoms with Crippen molar-refractivity contribution >= 4 is 29.1 Å². The second-order valence-electron chi connectivity index (χ2n) is 7.23. The lowest BCUT2D eigenvalue weighted by atomic mass is 9.84. The molecule has 2 heterocycles. The van der Waals surface area contributed by atoms with Crippen molar-refractivity contribution in [2.24, 2.45) is 11.8 Å². The van der Waals surface area contributed by atoms with Crippen molar-refractivity contribution < 1.29 is 9.59 Å². The lowest BCUT2D eigenvalue weighted by Gasteiger charge is -2.32. The van der Waals surface area contributed by atoms with Crippen molar-refractivity contribution in [1.82, 2.24) is 15.8 Å². The van der Waals surface area contributed by atoms with Gasteiger partial charge in [0, 0.05) is 35.6 Å². The standard InChI is InChI=1S/C18H23ClN4O2/c19-12-5-7-13(8-6-12)20-18(25)11-9-16(24)23(10-11)17-14-3-1-2-4-15(14)21-22-17/h5-8,11,14-15,17,21-22H,1-4,9-10H2,(H,20,25). The Kier molecular flexibility index (Phi) is 4.67. The molecule has 2 aliphatic heterocycles. The molecule has 0 aromatic heterocycles. The zero-order chi connectivity index (χ0) is 17.4. The summed E-state index contributed by atoms with van der Waals surface area (Å²) < 4.78 is 0. The first-order valence-electron chi connectivity index (χ1n) is 8.99. The van der Waals surface area contributed by atoms with Crippen LogP contribution in [0.1, 0.15) is 32.1 Å². The fraction of sp³-hybridized carbons (Fsp3) is 0.556. The number of carbonyl (C=O) groups excluding carboxylic acids is 2. The Labute approximate surface area is 152 Å². The van der Waals surface area contributed by atoms with Gasteiger partial charge in [-0.3, -0.25) is 15.0 Å². The Morgan fingerprint density at radius 3 is 2.72 bits per heavy atom. The molecule has 2 amide bonds. The van der Waals surface area contributed by atoms with Crippen molar-refractivity contribution in [3.05, 3.63) is 29.3 Å². The summed E-state index contributed by atoms with van der Waals surface area (Å²) in [5.41, 5.74) is 7.34. The van der Waals surface area contributed by atoms with Gasteiger partial charge in [0.05, 0.1) is 12.1 Å². The minimum Gasteiger partial charge on any atom is -0.326 e. The van der Waals surface area contributed by atoms with Gasteiger partial charge in [0.2, 0.25) is 11.8 Å². The van der Waals surface area contributed by atoms with Crippen LogP contribution in [0.15, 0.2) is 24.3 Å². The Morgan fingerprint density at radius 1 is 1.16 bits per heavy atom. The molecular formula is C18H23ClN4O2. The Morgan fingerprint density at radius 2 is 1.92 bits per heavy atom. The van der Waals surface area contributed by atoms with Crippen LogP contribution < -0.4 is 16.2 Å². The third-order valence-electron chi connectivity index (χ3n) is 5.62. The molecule has 1 aliphatic carbocycles. The average Bonchev–Trinajstić information content (AvgIpc) is 3.20. The Hall–Kier alpha value is -1.63. The van der Waals surface area contributed by atoms with Crippen molar-refractivity contribution in [3.8, 4) is 0 Å². The first kappa shape index (κ1) is 16.8. The molecule has 3 N–H and O–H groups in total. The van der Waals surface area contributed by atoms with Crippen molar-refractivity contribution in [1.29, 1.82) is 0 Å². The van der Waals surface area contributed by atoms with E-state index in [0.29, 0.717) is 29.2 Å². The van der Waals surface area contributed by atoms with E-state index in [9.17, 15) is 9.59 Å². The van der Waals surface area contributed by atoms with E-state index in [1.54, 1.807) is 24.3 Å². The molecule has 2 saturated heterocycles. The third-order valence-corrected chi connectivity index (χ3v) is 5.87. The first-order chi connectivity index (χ1) is 12.1. The van der Waals surface area contributed by atoms with Crippen LogP contribution in [0, 0.1) is 11.8 Å². The summed E-state index contributed by atoms with van der Waals surface area (Å²) in [5, 5.41) is 3.51. The van der Waals surface area contributed by atoms with Crippen LogP contribution in [-0.4, -0.2) is 35.5 Å². The number of anilines is 1. The van der Waals surface area contributed by atoms with Gasteiger partial charge in [-0.05, 0) is 37.1 Å². The number of nitrogens with zero attached hydrogens (tertiary/aromatic N) is 1. The number of benzene rings is 1. The minimum atomic E-state index is -0.312. The van der Waals surface area contributed by atoms with Crippen LogP contribution in [-0.2, 0) is 9.59 Å². The number of hydrazine groups is 1. The van der Waals surface area contributed by atoms with Gasteiger partial charge in [-0.25, -0.2) is 5.43 Å². The van der Waals surface area contributed by atoms with E-state index in [4.69, 9.17) is 11.6 Å². The number of rotatable bonds is 3. The highest BCUT2D eigenvalue weighted by molar-refractivity contribution is 6.30. The van der Waals surface area contributed by atoms with Crippen molar-refractivity contribution in [2.75, 3.05) is 11.9 Å². The third kappa shape index (κ3) is 3.38. The number of halogens is 1. The van der Waals surface area contributed by atoms with Gasteiger partial charge < -0.3 is 10.2 Å². The topological polar surface area (TPSA) is 73.5 Å². The number of carbonyl (C=O) groups is 2. The summed E-state index contributed by atoms with van der Waals surface area (Å²) in [5.74, 6) is 0.0782. The van der Waals surface area contributed by atoms with Gasteiger partial charge in [0.1, 0.15) is 0 Å². The Balaban J connectivity index is 1.40. The lowest BCUT2D eigenvalue weighted by Crippen LogP contribution is -2.48. The summed E-state index contributed by atoms with van der Waals surface area (Å²) in [4.78, 5) is 26.9. The molecule has 4 rings (SSSR count). The fourth-order valence-electron chi connectivity index (χ4n) is 4.28. The first-order valence-corrected chi connectivity index (χ1v) is 9.36. The average molecular weight is 363 g/mol. The highest BCUT2D eigenvalue weighted by Gasteiger charge is 2.46. The van der Waals surface area contributed by atoms with Gasteiger partial charge in [0.15, 0.2) is 0 Å². The fourth-order valence-corrected chi connectivity index (χ4v) is 4.40.